The second-order valence-corrected chi connectivity index (χ2v) is 6.12. The van der Waals surface area contributed by atoms with Crippen LogP contribution in [-0.2, 0) is 11.3 Å². The van der Waals surface area contributed by atoms with Crippen molar-refractivity contribution < 1.29 is 4.79 Å². The van der Waals surface area contributed by atoms with Crippen molar-refractivity contribution in [3.63, 3.8) is 0 Å². The Morgan fingerprint density at radius 1 is 1.62 bits per heavy atom. The lowest BCUT2D eigenvalue weighted by Gasteiger charge is -2.22. The summed E-state index contributed by atoms with van der Waals surface area (Å²) in [4.78, 5) is 14.3. The maximum atomic E-state index is 11.9. The summed E-state index contributed by atoms with van der Waals surface area (Å²) < 4.78 is 0. The van der Waals surface area contributed by atoms with E-state index in [2.05, 4.69) is 18.3 Å². The van der Waals surface area contributed by atoms with Crippen molar-refractivity contribution in [3.8, 4) is 0 Å². The van der Waals surface area contributed by atoms with Gasteiger partial charge < -0.3 is 11.1 Å². The normalized spacial score (nSPS) is 19.2. The lowest BCUT2D eigenvalue weighted by molar-refractivity contribution is -0.126. The van der Waals surface area contributed by atoms with Gasteiger partial charge in [0.25, 0.3) is 0 Å². The third-order valence-electron chi connectivity index (χ3n) is 3.13. The molecule has 3 nitrogen and oxygen atoms in total. The van der Waals surface area contributed by atoms with E-state index >= 15 is 0 Å². The van der Waals surface area contributed by atoms with Crippen LogP contribution in [0, 0.1) is 12.8 Å². The molecule has 0 bridgehead atoms. The molecule has 3 N–H and O–H groups in total. The molecule has 2 rings (SSSR count). The van der Waals surface area contributed by atoms with E-state index in [1.165, 1.54) is 9.75 Å². The summed E-state index contributed by atoms with van der Waals surface area (Å²) in [7, 11) is 0. The number of amides is 1. The van der Waals surface area contributed by atoms with Crippen LogP contribution in [0.1, 0.15) is 29.5 Å². The lowest BCUT2D eigenvalue weighted by Crippen LogP contribution is -2.53. The molecular formula is C12H18N2OS. The van der Waals surface area contributed by atoms with Crippen LogP contribution in [0.2, 0.25) is 0 Å². The Kier molecular flexibility index (Phi) is 3.04. The molecule has 1 heterocycles. The molecule has 1 unspecified atom stereocenters. The third-order valence-corrected chi connectivity index (χ3v) is 4.13. The molecule has 0 aliphatic heterocycles. The van der Waals surface area contributed by atoms with E-state index in [0.717, 1.165) is 12.8 Å². The van der Waals surface area contributed by atoms with Crippen molar-refractivity contribution in [2.45, 2.75) is 38.8 Å². The first-order valence-electron chi connectivity index (χ1n) is 5.62. The van der Waals surface area contributed by atoms with E-state index < -0.39 is 5.54 Å². The molecule has 0 saturated heterocycles. The molecule has 4 heteroatoms. The van der Waals surface area contributed by atoms with Crippen LogP contribution in [0.15, 0.2) is 12.1 Å². The minimum absolute atomic E-state index is 0.0268. The number of aryl methyl sites for hydroxylation is 1. The third kappa shape index (κ3) is 2.44. The number of thiophene rings is 1. The van der Waals surface area contributed by atoms with Gasteiger partial charge in [-0.25, -0.2) is 0 Å². The Morgan fingerprint density at radius 3 is 2.81 bits per heavy atom. The molecule has 1 aliphatic carbocycles. The topological polar surface area (TPSA) is 55.1 Å². The number of hydrogen-bond acceptors (Lipinski definition) is 3. The minimum atomic E-state index is -0.688. The minimum Gasteiger partial charge on any atom is -0.350 e. The first-order chi connectivity index (χ1) is 7.50. The zero-order chi connectivity index (χ0) is 11.8. The molecule has 1 aromatic heterocycles. The Morgan fingerprint density at radius 2 is 2.31 bits per heavy atom. The van der Waals surface area contributed by atoms with Crippen LogP contribution in [0.25, 0.3) is 0 Å². The second kappa shape index (κ2) is 4.18. The molecule has 1 fully saturated rings. The fraction of sp³-hybridized carbons (Fsp3) is 0.583. The van der Waals surface area contributed by atoms with E-state index in [9.17, 15) is 4.79 Å². The van der Waals surface area contributed by atoms with Crippen molar-refractivity contribution >= 4 is 17.2 Å². The van der Waals surface area contributed by atoms with Crippen LogP contribution in [0.5, 0.6) is 0 Å². The molecule has 1 saturated carbocycles. The van der Waals surface area contributed by atoms with E-state index in [1.54, 1.807) is 11.3 Å². The second-order valence-electron chi connectivity index (χ2n) is 4.75. The van der Waals surface area contributed by atoms with E-state index in [4.69, 9.17) is 5.73 Å². The van der Waals surface area contributed by atoms with Gasteiger partial charge in [-0.1, -0.05) is 0 Å². The van der Waals surface area contributed by atoms with Crippen molar-refractivity contribution in [1.29, 1.82) is 0 Å². The fourth-order valence-corrected chi connectivity index (χ4v) is 2.64. The van der Waals surface area contributed by atoms with Crippen LogP contribution in [-0.4, -0.2) is 11.4 Å². The molecule has 0 radical (unpaired) electrons. The molecule has 16 heavy (non-hydrogen) atoms. The van der Waals surface area contributed by atoms with Crippen molar-refractivity contribution in [3.05, 3.63) is 21.9 Å². The van der Waals surface area contributed by atoms with E-state index in [1.807, 2.05) is 13.0 Å². The first-order valence-corrected chi connectivity index (χ1v) is 6.44. The summed E-state index contributed by atoms with van der Waals surface area (Å²) in [5, 5.41) is 2.92. The Labute approximate surface area is 100 Å². The number of carbonyl (C=O) groups excluding carboxylic acids is 1. The van der Waals surface area contributed by atoms with Gasteiger partial charge in [-0.3, -0.25) is 4.79 Å². The van der Waals surface area contributed by atoms with Gasteiger partial charge in [0.1, 0.15) is 0 Å². The van der Waals surface area contributed by atoms with Crippen molar-refractivity contribution in [1.82, 2.24) is 5.32 Å². The summed E-state index contributed by atoms with van der Waals surface area (Å²) in [6.45, 7) is 4.49. The van der Waals surface area contributed by atoms with Gasteiger partial charge in [0.05, 0.1) is 12.1 Å². The molecule has 0 aromatic carbocycles. The first kappa shape index (κ1) is 11.6. The van der Waals surface area contributed by atoms with Crippen LogP contribution < -0.4 is 11.1 Å². The fourth-order valence-electron chi connectivity index (χ4n) is 1.81. The Balaban J connectivity index is 1.88. The maximum absolute atomic E-state index is 11.9. The van der Waals surface area contributed by atoms with Gasteiger partial charge in [-0.15, -0.1) is 11.3 Å². The average Bonchev–Trinajstić information content (AvgIpc) is 3.00. The predicted octanol–water partition coefficient (Wildman–Crippen LogP) is 1.80. The highest BCUT2D eigenvalue weighted by Crippen LogP contribution is 2.38. The smallest absolute Gasteiger partial charge is 0.240 e. The zero-order valence-corrected chi connectivity index (χ0v) is 10.6. The van der Waals surface area contributed by atoms with Gasteiger partial charge in [-0.2, -0.15) is 0 Å². The monoisotopic (exact) mass is 238 g/mol. The van der Waals surface area contributed by atoms with Crippen LogP contribution >= 0.6 is 11.3 Å². The number of nitrogens with two attached hydrogens (primary N) is 1. The molecule has 1 aromatic rings. The summed E-state index contributed by atoms with van der Waals surface area (Å²) in [6.07, 6.45) is 2.16. The van der Waals surface area contributed by atoms with Gasteiger partial charge in [0.15, 0.2) is 0 Å². The van der Waals surface area contributed by atoms with E-state index in [0.29, 0.717) is 12.5 Å². The zero-order valence-electron chi connectivity index (χ0n) is 9.75. The quantitative estimate of drug-likeness (QED) is 0.840. The molecule has 0 spiro atoms. The van der Waals surface area contributed by atoms with Gasteiger partial charge >= 0.3 is 0 Å². The summed E-state index contributed by atoms with van der Waals surface area (Å²) in [5.41, 5.74) is 5.34. The average molecular weight is 238 g/mol. The van der Waals surface area contributed by atoms with Crippen LogP contribution in [0.4, 0.5) is 0 Å². The Bertz CT molecular complexity index is 393. The van der Waals surface area contributed by atoms with E-state index in [-0.39, 0.29) is 5.91 Å². The van der Waals surface area contributed by atoms with Gasteiger partial charge in [0, 0.05) is 9.75 Å². The summed E-state index contributed by atoms with van der Waals surface area (Å²) in [6, 6.07) is 4.11. The van der Waals surface area contributed by atoms with Gasteiger partial charge in [-0.05, 0) is 44.7 Å². The maximum Gasteiger partial charge on any atom is 0.240 e. The highest BCUT2D eigenvalue weighted by molar-refractivity contribution is 7.11. The summed E-state index contributed by atoms with van der Waals surface area (Å²) >= 11 is 1.71. The number of carbonyl (C=O) groups is 1. The largest absolute Gasteiger partial charge is 0.350 e. The number of hydrogen-bond donors (Lipinski definition) is 2. The lowest BCUT2D eigenvalue weighted by atomic mass is 9.96. The van der Waals surface area contributed by atoms with Crippen LogP contribution in [0.3, 0.4) is 0 Å². The SMILES string of the molecule is Cc1ccc(CNC(=O)C(C)(N)C2CC2)s1. The molecule has 88 valence electrons. The predicted molar refractivity (Wildman–Crippen MR) is 66.2 cm³/mol. The summed E-state index contributed by atoms with van der Waals surface area (Å²) in [5.74, 6) is 0.346. The highest BCUT2D eigenvalue weighted by Gasteiger charge is 2.43. The van der Waals surface area contributed by atoms with Crippen molar-refractivity contribution in [2.75, 3.05) is 0 Å². The highest BCUT2D eigenvalue weighted by atomic mass is 32.1. The Hall–Kier alpha value is -0.870. The van der Waals surface area contributed by atoms with Gasteiger partial charge in [0.2, 0.25) is 5.91 Å². The molecule has 1 amide bonds. The molecule has 1 atom stereocenters. The number of nitrogens with one attached hydrogen (secondary N) is 1. The van der Waals surface area contributed by atoms with Crippen molar-refractivity contribution in [2.24, 2.45) is 11.7 Å². The standard InChI is InChI=1S/C12H18N2OS/c1-8-3-6-10(16-8)7-14-11(15)12(2,13)9-4-5-9/h3,6,9H,4-5,7,13H2,1-2H3,(H,14,15). The molecule has 1 aliphatic rings. The molecular weight excluding hydrogens is 220 g/mol. The number of rotatable bonds is 4.